The SMILES string of the molecule is C[C@@H]1C[C@H]1C(=O)N1CC2(CC[C@@H](CNC(=O)c3ccno3)CO2)C1. The zero-order valence-electron chi connectivity index (χ0n) is 13.9. The molecule has 2 aliphatic heterocycles. The van der Waals surface area contributed by atoms with Crippen molar-refractivity contribution in [3.63, 3.8) is 0 Å². The van der Waals surface area contributed by atoms with Crippen LogP contribution in [-0.4, -0.2) is 53.7 Å². The Bertz CT molecular complexity index is 614. The van der Waals surface area contributed by atoms with Crippen LogP contribution in [0.15, 0.2) is 16.8 Å². The smallest absolute Gasteiger partial charge is 0.289 e. The highest BCUT2D eigenvalue weighted by Gasteiger charge is 2.52. The summed E-state index contributed by atoms with van der Waals surface area (Å²) in [6.07, 6.45) is 4.43. The average Bonchev–Trinajstić information content (AvgIpc) is 3.06. The van der Waals surface area contributed by atoms with Gasteiger partial charge in [-0.1, -0.05) is 12.1 Å². The molecule has 24 heavy (non-hydrogen) atoms. The highest BCUT2D eigenvalue weighted by molar-refractivity contribution is 5.91. The minimum atomic E-state index is -0.244. The number of ether oxygens (including phenoxy) is 1. The van der Waals surface area contributed by atoms with Crippen molar-refractivity contribution in [2.45, 2.75) is 31.8 Å². The second kappa shape index (κ2) is 5.88. The van der Waals surface area contributed by atoms with Crippen molar-refractivity contribution in [1.82, 2.24) is 15.4 Å². The van der Waals surface area contributed by atoms with Gasteiger partial charge in [-0.2, -0.15) is 0 Å². The molecule has 2 saturated heterocycles. The summed E-state index contributed by atoms with van der Waals surface area (Å²) < 4.78 is 10.9. The van der Waals surface area contributed by atoms with Gasteiger partial charge in [-0.15, -0.1) is 0 Å². The van der Waals surface area contributed by atoms with Crippen LogP contribution in [0.1, 0.15) is 36.7 Å². The van der Waals surface area contributed by atoms with E-state index in [1.165, 1.54) is 6.20 Å². The van der Waals surface area contributed by atoms with Crippen LogP contribution >= 0.6 is 0 Å². The second-order valence-electron chi connectivity index (χ2n) is 7.50. The molecular weight excluding hydrogens is 310 g/mol. The van der Waals surface area contributed by atoms with E-state index < -0.39 is 0 Å². The van der Waals surface area contributed by atoms with E-state index in [4.69, 9.17) is 9.26 Å². The normalized spacial score (nSPS) is 30.7. The predicted molar refractivity (Wildman–Crippen MR) is 84.1 cm³/mol. The third-order valence-corrected chi connectivity index (χ3v) is 5.54. The first-order chi connectivity index (χ1) is 11.6. The van der Waals surface area contributed by atoms with Crippen LogP contribution in [0.5, 0.6) is 0 Å². The van der Waals surface area contributed by atoms with E-state index in [-0.39, 0.29) is 23.2 Å². The Labute approximate surface area is 140 Å². The van der Waals surface area contributed by atoms with E-state index in [9.17, 15) is 9.59 Å². The fraction of sp³-hybridized carbons (Fsp3) is 0.706. The van der Waals surface area contributed by atoms with Crippen LogP contribution in [0, 0.1) is 17.8 Å². The van der Waals surface area contributed by atoms with Gasteiger partial charge in [-0.05, 0) is 31.1 Å². The lowest BCUT2D eigenvalue weighted by atomic mass is 9.82. The highest BCUT2D eigenvalue weighted by Crippen LogP contribution is 2.43. The summed E-state index contributed by atoms with van der Waals surface area (Å²) in [5.74, 6) is 1.40. The fourth-order valence-electron chi connectivity index (χ4n) is 3.69. The number of nitrogens with one attached hydrogen (secondary N) is 1. The summed E-state index contributed by atoms with van der Waals surface area (Å²) in [6.45, 7) is 4.78. The van der Waals surface area contributed by atoms with Crippen molar-refractivity contribution < 1.29 is 18.8 Å². The maximum absolute atomic E-state index is 12.2. The van der Waals surface area contributed by atoms with E-state index in [0.29, 0.717) is 30.9 Å². The molecule has 1 spiro atoms. The number of likely N-dealkylation sites (tertiary alicyclic amines) is 1. The zero-order valence-corrected chi connectivity index (χ0v) is 13.9. The molecule has 0 aromatic carbocycles. The quantitative estimate of drug-likeness (QED) is 0.891. The number of amides is 2. The van der Waals surface area contributed by atoms with Gasteiger partial charge in [0, 0.05) is 18.5 Å². The molecule has 1 aromatic rings. The topological polar surface area (TPSA) is 84.7 Å². The number of hydrogen-bond donors (Lipinski definition) is 1. The molecule has 3 aliphatic rings. The van der Waals surface area contributed by atoms with Crippen molar-refractivity contribution in [2.24, 2.45) is 17.8 Å². The molecule has 3 fully saturated rings. The summed E-state index contributed by atoms with van der Waals surface area (Å²) in [5.41, 5.74) is -0.140. The third kappa shape index (κ3) is 2.92. The molecule has 1 aromatic heterocycles. The lowest BCUT2D eigenvalue weighted by Gasteiger charge is -2.53. The van der Waals surface area contributed by atoms with Crippen LogP contribution in [0.25, 0.3) is 0 Å². The molecule has 1 aliphatic carbocycles. The van der Waals surface area contributed by atoms with E-state index in [0.717, 1.165) is 32.4 Å². The molecule has 130 valence electrons. The molecule has 2 amide bonds. The zero-order chi connectivity index (χ0) is 16.7. The van der Waals surface area contributed by atoms with Gasteiger partial charge >= 0.3 is 0 Å². The van der Waals surface area contributed by atoms with Crippen LogP contribution in [-0.2, 0) is 9.53 Å². The van der Waals surface area contributed by atoms with Crippen LogP contribution < -0.4 is 5.32 Å². The maximum atomic E-state index is 12.2. The van der Waals surface area contributed by atoms with Gasteiger partial charge in [-0.3, -0.25) is 9.59 Å². The molecule has 0 bridgehead atoms. The molecular formula is C17H23N3O4. The minimum absolute atomic E-state index is 0.140. The average molecular weight is 333 g/mol. The van der Waals surface area contributed by atoms with Gasteiger partial charge in [0.1, 0.15) is 5.60 Å². The van der Waals surface area contributed by atoms with Crippen molar-refractivity contribution in [3.05, 3.63) is 18.0 Å². The summed E-state index contributed by atoms with van der Waals surface area (Å²) in [4.78, 5) is 26.0. The summed E-state index contributed by atoms with van der Waals surface area (Å²) in [7, 11) is 0. The summed E-state index contributed by atoms with van der Waals surface area (Å²) in [6, 6.07) is 1.54. The minimum Gasteiger partial charge on any atom is -0.371 e. The number of rotatable bonds is 4. The van der Waals surface area contributed by atoms with Crippen LogP contribution in [0.2, 0.25) is 0 Å². The molecule has 3 heterocycles. The fourth-order valence-corrected chi connectivity index (χ4v) is 3.69. The molecule has 0 unspecified atom stereocenters. The van der Waals surface area contributed by atoms with Crippen molar-refractivity contribution in [1.29, 1.82) is 0 Å². The van der Waals surface area contributed by atoms with Gasteiger partial charge in [0.15, 0.2) is 0 Å². The van der Waals surface area contributed by atoms with Gasteiger partial charge in [0.05, 0.1) is 25.9 Å². The first-order valence-electron chi connectivity index (χ1n) is 8.68. The third-order valence-electron chi connectivity index (χ3n) is 5.54. The number of nitrogens with zero attached hydrogens (tertiary/aromatic N) is 2. The molecule has 0 radical (unpaired) electrons. The maximum Gasteiger partial charge on any atom is 0.289 e. The molecule has 7 heteroatoms. The Morgan fingerprint density at radius 2 is 2.25 bits per heavy atom. The van der Waals surface area contributed by atoms with Gasteiger partial charge in [-0.25, -0.2) is 0 Å². The molecule has 7 nitrogen and oxygen atoms in total. The first-order valence-corrected chi connectivity index (χ1v) is 8.68. The van der Waals surface area contributed by atoms with Gasteiger partial charge < -0.3 is 19.5 Å². The number of carbonyl (C=O) groups excluding carboxylic acids is 2. The van der Waals surface area contributed by atoms with Crippen LogP contribution in [0.4, 0.5) is 0 Å². The molecule has 1 saturated carbocycles. The predicted octanol–water partition coefficient (Wildman–Crippen LogP) is 1.07. The van der Waals surface area contributed by atoms with Gasteiger partial charge in [0.25, 0.3) is 5.91 Å². The monoisotopic (exact) mass is 333 g/mol. The largest absolute Gasteiger partial charge is 0.371 e. The number of hydrogen-bond acceptors (Lipinski definition) is 5. The molecule has 4 rings (SSSR count). The number of carbonyl (C=O) groups is 2. The Morgan fingerprint density at radius 1 is 1.46 bits per heavy atom. The van der Waals surface area contributed by atoms with E-state index in [1.54, 1.807) is 6.07 Å². The van der Waals surface area contributed by atoms with Gasteiger partial charge in [0.2, 0.25) is 11.7 Å². The van der Waals surface area contributed by atoms with Crippen molar-refractivity contribution >= 4 is 11.8 Å². The lowest BCUT2D eigenvalue weighted by molar-refractivity contribution is -0.189. The first kappa shape index (κ1) is 15.6. The van der Waals surface area contributed by atoms with Crippen molar-refractivity contribution in [3.8, 4) is 0 Å². The second-order valence-corrected chi connectivity index (χ2v) is 7.50. The lowest BCUT2D eigenvalue weighted by Crippen LogP contribution is -2.66. The standard InChI is InChI=1S/C17H23N3O4/c1-11-6-13(11)16(22)20-9-17(10-20)4-2-12(8-23-17)7-18-15(21)14-3-5-19-24-14/h3,5,11-13H,2,4,6-10H2,1H3,(H,18,21)/t11-,12+,13-/m1/s1. The number of aromatic nitrogens is 1. The van der Waals surface area contributed by atoms with E-state index in [1.807, 2.05) is 4.90 Å². The summed E-state index contributed by atoms with van der Waals surface area (Å²) in [5, 5.41) is 6.38. The van der Waals surface area contributed by atoms with E-state index >= 15 is 0 Å². The highest BCUT2D eigenvalue weighted by atomic mass is 16.5. The summed E-state index contributed by atoms with van der Waals surface area (Å²) >= 11 is 0. The van der Waals surface area contributed by atoms with E-state index in [2.05, 4.69) is 17.4 Å². The Hall–Kier alpha value is -1.89. The molecule has 1 N–H and O–H groups in total. The Kier molecular flexibility index (Phi) is 3.83. The Morgan fingerprint density at radius 3 is 2.83 bits per heavy atom. The van der Waals surface area contributed by atoms with Crippen LogP contribution in [0.3, 0.4) is 0 Å². The van der Waals surface area contributed by atoms with Crippen molar-refractivity contribution in [2.75, 3.05) is 26.2 Å². The molecule has 3 atom stereocenters. The Balaban J connectivity index is 1.19.